The Morgan fingerprint density at radius 2 is 2.00 bits per heavy atom. The quantitative estimate of drug-likeness (QED) is 0.659. The maximum Gasteiger partial charge on any atom is 0.260 e. The third-order valence-electron chi connectivity index (χ3n) is 4.37. The van der Waals surface area contributed by atoms with Crippen molar-refractivity contribution >= 4 is 17.3 Å². The predicted octanol–water partition coefficient (Wildman–Crippen LogP) is 2.13. The summed E-state index contributed by atoms with van der Waals surface area (Å²) in [6.07, 6.45) is 3.70. The molecule has 0 spiro atoms. The lowest BCUT2D eigenvalue weighted by Gasteiger charge is -2.18. The molecule has 1 aliphatic rings. The zero-order chi connectivity index (χ0) is 18.5. The summed E-state index contributed by atoms with van der Waals surface area (Å²) in [6.45, 7) is 3.31. The molecule has 2 heterocycles. The lowest BCUT2D eigenvalue weighted by Crippen LogP contribution is -2.29. The number of hydrazone groups is 1. The lowest BCUT2D eigenvalue weighted by molar-refractivity contribution is -0.121. The van der Waals surface area contributed by atoms with Crippen molar-refractivity contribution in [3.05, 3.63) is 64.3 Å². The molecule has 1 aromatic carbocycles. The summed E-state index contributed by atoms with van der Waals surface area (Å²) < 4.78 is 15.7. The van der Waals surface area contributed by atoms with Gasteiger partial charge in [-0.05, 0) is 38.0 Å². The summed E-state index contributed by atoms with van der Waals surface area (Å²) in [7, 11) is 0. The summed E-state index contributed by atoms with van der Waals surface area (Å²) in [5, 5.41) is 4.01. The zero-order valence-corrected chi connectivity index (χ0v) is 14.6. The smallest absolute Gasteiger partial charge is 0.260 e. The Hall–Kier alpha value is -2.96. The topological polar surface area (TPSA) is 66.7 Å². The molecule has 0 saturated carbocycles. The van der Waals surface area contributed by atoms with Gasteiger partial charge in [-0.15, -0.1) is 0 Å². The van der Waals surface area contributed by atoms with Gasteiger partial charge in [0, 0.05) is 30.9 Å². The molecule has 0 atom stereocenters. The molecule has 1 amide bonds. The van der Waals surface area contributed by atoms with Gasteiger partial charge in [-0.1, -0.05) is 12.1 Å². The van der Waals surface area contributed by atoms with E-state index in [0.717, 1.165) is 25.9 Å². The Kier molecular flexibility index (Phi) is 5.46. The van der Waals surface area contributed by atoms with Crippen LogP contribution in [0.3, 0.4) is 0 Å². The molecule has 7 heteroatoms. The molecular weight excluding hydrogens is 335 g/mol. The number of hydrogen-bond acceptors (Lipinski definition) is 4. The summed E-state index contributed by atoms with van der Waals surface area (Å²) in [5.74, 6) is -0.715. The number of nitrogens with zero attached hydrogens (tertiary/aromatic N) is 3. The van der Waals surface area contributed by atoms with E-state index in [1.165, 1.54) is 22.9 Å². The first kappa shape index (κ1) is 17.8. The molecule has 1 fully saturated rings. The van der Waals surface area contributed by atoms with Crippen LogP contribution in [0.4, 0.5) is 10.1 Å². The van der Waals surface area contributed by atoms with Crippen LogP contribution < -0.4 is 15.9 Å². The number of pyridine rings is 1. The fraction of sp³-hybridized carbons (Fsp3) is 0.316. The predicted molar refractivity (Wildman–Crippen MR) is 98.9 cm³/mol. The van der Waals surface area contributed by atoms with Gasteiger partial charge in [0.2, 0.25) is 0 Å². The third-order valence-corrected chi connectivity index (χ3v) is 4.37. The van der Waals surface area contributed by atoms with Gasteiger partial charge in [-0.2, -0.15) is 5.10 Å². The molecule has 1 aromatic heterocycles. The Morgan fingerprint density at radius 1 is 1.23 bits per heavy atom. The Balaban J connectivity index is 1.65. The number of hydrogen-bond donors (Lipinski definition) is 1. The van der Waals surface area contributed by atoms with Gasteiger partial charge in [0.05, 0.1) is 11.4 Å². The number of nitrogens with one attached hydrogen (secondary N) is 1. The van der Waals surface area contributed by atoms with Crippen LogP contribution in [-0.4, -0.2) is 29.3 Å². The lowest BCUT2D eigenvalue weighted by atomic mass is 10.1. The van der Waals surface area contributed by atoms with E-state index in [-0.39, 0.29) is 17.9 Å². The fourth-order valence-electron chi connectivity index (χ4n) is 2.94. The normalized spacial score (nSPS) is 14.5. The Bertz CT molecular complexity index is 885. The molecule has 2 aromatic rings. The van der Waals surface area contributed by atoms with Crippen LogP contribution in [0.1, 0.15) is 25.3 Å². The maximum atomic E-state index is 14.4. The van der Waals surface area contributed by atoms with E-state index in [1.807, 2.05) is 4.90 Å². The van der Waals surface area contributed by atoms with Crippen molar-refractivity contribution in [2.45, 2.75) is 26.3 Å². The van der Waals surface area contributed by atoms with Gasteiger partial charge in [-0.25, -0.2) is 9.82 Å². The zero-order valence-electron chi connectivity index (χ0n) is 14.6. The molecular formula is C19H21FN4O2. The van der Waals surface area contributed by atoms with E-state index in [0.29, 0.717) is 17.0 Å². The number of aromatic nitrogens is 1. The summed E-state index contributed by atoms with van der Waals surface area (Å²) in [4.78, 5) is 25.6. The van der Waals surface area contributed by atoms with Crippen molar-refractivity contribution in [1.29, 1.82) is 0 Å². The molecule has 1 N–H and O–H groups in total. The molecule has 6 nitrogen and oxygen atoms in total. The van der Waals surface area contributed by atoms with Crippen LogP contribution in [0.15, 0.2) is 52.5 Å². The van der Waals surface area contributed by atoms with Crippen molar-refractivity contribution in [2.24, 2.45) is 5.10 Å². The second-order valence-electron chi connectivity index (χ2n) is 6.26. The van der Waals surface area contributed by atoms with E-state index in [2.05, 4.69) is 10.5 Å². The molecule has 0 radical (unpaired) electrons. The van der Waals surface area contributed by atoms with Crippen molar-refractivity contribution in [1.82, 2.24) is 9.99 Å². The largest absolute Gasteiger partial charge is 0.369 e. The SMILES string of the molecule is C/C(=N/NC(=O)Cn1ccccc1=O)c1ccc(N2CCCC2)c(F)c1. The summed E-state index contributed by atoms with van der Waals surface area (Å²) >= 11 is 0. The second kappa shape index (κ2) is 7.95. The number of carbonyl (C=O) groups is 1. The highest BCUT2D eigenvalue weighted by atomic mass is 19.1. The highest BCUT2D eigenvalue weighted by molar-refractivity contribution is 5.99. The summed E-state index contributed by atoms with van der Waals surface area (Å²) in [6, 6.07) is 9.64. The number of halogens is 1. The molecule has 0 bridgehead atoms. The molecule has 0 aliphatic carbocycles. The van der Waals surface area contributed by atoms with Gasteiger partial charge in [0.15, 0.2) is 0 Å². The minimum atomic E-state index is -0.424. The highest BCUT2D eigenvalue weighted by Gasteiger charge is 2.16. The number of anilines is 1. The number of amides is 1. The van der Waals surface area contributed by atoms with Crippen LogP contribution in [0.25, 0.3) is 0 Å². The first-order valence-corrected chi connectivity index (χ1v) is 8.58. The van der Waals surface area contributed by atoms with Crippen molar-refractivity contribution in [2.75, 3.05) is 18.0 Å². The summed E-state index contributed by atoms with van der Waals surface area (Å²) in [5.41, 5.74) is 3.84. The monoisotopic (exact) mass is 356 g/mol. The van der Waals surface area contributed by atoms with E-state index < -0.39 is 5.91 Å². The van der Waals surface area contributed by atoms with Crippen molar-refractivity contribution in [3.63, 3.8) is 0 Å². The van der Waals surface area contributed by atoms with Crippen LogP contribution in [0, 0.1) is 5.82 Å². The molecule has 26 heavy (non-hydrogen) atoms. The molecule has 3 rings (SSSR count). The average molecular weight is 356 g/mol. The molecule has 1 saturated heterocycles. The minimum absolute atomic E-state index is 0.126. The number of benzene rings is 1. The highest BCUT2D eigenvalue weighted by Crippen LogP contribution is 2.24. The standard InChI is InChI=1S/C19H21FN4O2/c1-14(21-22-18(25)13-24-11-3-2-6-19(24)26)15-7-8-17(16(20)12-15)23-9-4-5-10-23/h2-3,6-8,11-12H,4-5,9-10,13H2,1H3,(H,22,25)/b21-14-. The van der Waals surface area contributed by atoms with E-state index in [4.69, 9.17) is 0 Å². The van der Waals surface area contributed by atoms with Gasteiger partial charge in [0.1, 0.15) is 12.4 Å². The minimum Gasteiger partial charge on any atom is -0.369 e. The van der Waals surface area contributed by atoms with E-state index in [9.17, 15) is 14.0 Å². The fourth-order valence-corrected chi connectivity index (χ4v) is 2.94. The van der Waals surface area contributed by atoms with Crippen LogP contribution in [0.5, 0.6) is 0 Å². The number of carbonyl (C=O) groups excluding carboxylic acids is 1. The first-order valence-electron chi connectivity index (χ1n) is 8.58. The van der Waals surface area contributed by atoms with Crippen LogP contribution >= 0.6 is 0 Å². The van der Waals surface area contributed by atoms with Crippen molar-refractivity contribution < 1.29 is 9.18 Å². The van der Waals surface area contributed by atoms with E-state index in [1.54, 1.807) is 31.2 Å². The average Bonchev–Trinajstić information content (AvgIpc) is 3.16. The third kappa shape index (κ3) is 4.17. The Morgan fingerprint density at radius 3 is 2.69 bits per heavy atom. The molecule has 1 aliphatic heterocycles. The number of rotatable bonds is 5. The molecule has 136 valence electrons. The first-order chi connectivity index (χ1) is 12.5. The van der Waals surface area contributed by atoms with Crippen LogP contribution in [0.2, 0.25) is 0 Å². The van der Waals surface area contributed by atoms with Gasteiger partial charge >= 0.3 is 0 Å². The van der Waals surface area contributed by atoms with Gasteiger partial charge in [-0.3, -0.25) is 9.59 Å². The van der Waals surface area contributed by atoms with Gasteiger partial charge < -0.3 is 9.47 Å². The molecule has 0 unspecified atom stereocenters. The maximum absolute atomic E-state index is 14.4. The second-order valence-corrected chi connectivity index (χ2v) is 6.26. The van der Waals surface area contributed by atoms with Crippen molar-refractivity contribution in [3.8, 4) is 0 Å². The van der Waals surface area contributed by atoms with E-state index >= 15 is 0 Å². The van der Waals surface area contributed by atoms with Gasteiger partial charge in [0.25, 0.3) is 11.5 Å². The Labute approximate surface area is 150 Å². The van der Waals surface area contributed by atoms with Crippen LogP contribution in [-0.2, 0) is 11.3 Å².